The number of hydrogen-bond donors (Lipinski definition) is 1. The summed E-state index contributed by atoms with van der Waals surface area (Å²) in [7, 11) is 0. The molecule has 0 spiro atoms. The minimum atomic E-state index is 0.381. The number of hydrogen-bond acceptors (Lipinski definition) is 1. The van der Waals surface area contributed by atoms with Crippen molar-refractivity contribution in [2.45, 2.75) is 79.1 Å². The maximum Gasteiger partial charge on any atom is 0.0462 e. The third kappa shape index (κ3) is 2.52. The Kier molecular flexibility index (Phi) is 4.46. The molecule has 4 aliphatic carbocycles. The predicted octanol–water partition coefficient (Wildman–Crippen LogP) is 6.14. The summed E-state index contributed by atoms with van der Waals surface area (Å²) >= 11 is 0. The standard InChI is InChI=1S/C24H38O/c1-5-17(15-25)20-8-9-21-19-7-6-18-14-16(2)10-12-23(18,3)22(19)11-13-24(20,21)4/h6-7,16-17,20-22,25H,5,8-15H2,1-4H3/t16-,17-,20+,21-,22-,23-,24+/m0/s1. The highest BCUT2D eigenvalue weighted by Crippen LogP contribution is 2.66. The van der Waals surface area contributed by atoms with Crippen LogP contribution >= 0.6 is 0 Å². The van der Waals surface area contributed by atoms with Crippen molar-refractivity contribution >= 4 is 0 Å². The van der Waals surface area contributed by atoms with Crippen molar-refractivity contribution in [2.24, 2.45) is 40.4 Å². The van der Waals surface area contributed by atoms with E-state index in [0.717, 1.165) is 30.1 Å². The van der Waals surface area contributed by atoms with Crippen LogP contribution < -0.4 is 0 Å². The van der Waals surface area contributed by atoms with Crippen molar-refractivity contribution in [2.75, 3.05) is 6.61 Å². The third-order valence-electron chi connectivity index (χ3n) is 9.22. The molecular formula is C24H38O. The summed E-state index contributed by atoms with van der Waals surface area (Å²) < 4.78 is 0. The van der Waals surface area contributed by atoms with Gasteiger partial charge < -0.3 is 5.11 Å². The molecule has 0 amide bonds. The van der Waals surface area contributed by atoms with Gasteiger partial charge in [-0.2, -0.15) is 0 Å². The highest BCUT2D eigenvalue weighted by molar-refractivity contribution is 5.38. The molecule has 0 aromatic rings. The van der Waals surface area contributed by atoms with Gasteiger partial charge in [0, 0.05) is 6.61 Å². The van der Waals surface area contributed by atoms with Gasteiger partial charge >= 0.3 is 0 Å². The van der Waals surface area contributed by atoms with Gasteiger partial charge in [-0.05, 0) is 85.4 Å². The number of rotatable bonds is 3. The second kappa shape index (κ2) is 6.25. The molecule has 0 aromatic carbocycles. The summed E-state index contributed by atoms with van der Waals surface area (Å²) in [6, 6.07) is 0. The van der Waals surface area contributed by atoms with Crippen LogP contribution in [0, 0.1) is 40.4 Å². The molecule has 3 fully saturated rings. The SMILES string of the molecule is CC[C@@H](CO)[C@H]1CC[C@H]2C3=CC=C4C[C@@H](C)CC[C@]4(C)[C@H]3CC[C@]12C. The molecule has 0 aliphatic heterocycles. The lowest BCUT2D eigenvalue weighted by molar-refractivity contribution is 0.0276. The van der Waals surface area contributed by atoms with Crippen LogP contribution in [0.1, 0.15) is 79.1 Å². The molecule has 0 heterocycles. The normalized spacial score (nSPS) is 47.2. The molecule has 0 radical (unpaired) electrons. The van der Waals surface area contributed by atoms with Crippen LogP contribution in [0.15, 0.2) is 23.3 Å². The molecule has 7 atom stereocenters. The number of aliphatic hydroxyl groups is 1. The first-order chi connectivity index (χ1) is 11.9. The fraction of sp³-hybridized carbons (Fsp3) is 0.833. The average molecular weight is 343 g/mol. The molecule has 0 unspecified atom stereocenters. The van der Waals surface area contributed by atoms with Crippen LogP contribution in [0.4, 0.5) is 0 Å². The number of allylic oxidation sites excluding steroid dienone is 4. The minimum Gasteiger partial charge on any atom is -0.396 e. The first kappa shape index (κ1) is 17.8. The minimum absolute atomic E-state index is 0.381. The van der Waals surface area contributed by atoms with Crippen LogP contribution in [0.2, 0.25) is 0 Å². The third-order valence-corrected chi connectivity index (χ3v) is 9.22. The van der Waals surface area contributed by atoms with Crippen molar-refractivity contribution in [3.63, 3.8) is 0 Å². The molecule has 1 nitrogen and oxygen atoms in total. The molecule has 0 bridgehead atoms. The zero-order valence-corrected chi connectivity index (χ0v) is 16.9. The Balaban J connectivity index is 1.67. The van der Waals surface area contributed by atoms with Crippen molar-refractivity contribution in [1.82, 2.24) is 0 Å². The van der Waals surface area contributed by atoms with Gasteiger partial charge in [0.15, 0.2) is 0 Å². The van der Waals surface area contributed by atoms with E-state index in [1.54, 1.807) is 11.1 Å². The zero-order chi connectivity index (χ0) is 17.8. The summed E-state index contributed by atoms with van der Waals surface area (Å²) in [6.45, 7) is 10.2. The Morgan fingerprint density at radius 1 is 1.08 bits per heavy atom. The van der Waals surface area contributed by atoms with Crippen LogP contribution in [0.5, 0.6) is 0 Å². The summed E-state index contributed by atoms with van der Waals surface area (Å²) in [5.74, 6) is 3.66. The maximum absolute atomic E-state index is 9.92. The van der Waals surface area contributed by atoms with Crippen LogP contribution in [0.25, 0.3) is 0 Å². The molecular weight excluding hydrogens is 304 g/mol. The van der Waals surface area contributed by atoms with Gasteiger partial charge in [-0.3, -0.25) is 0 Å². The summed E-state index contributed by atoms with van der Waals surface area (Å²) in [5.41, 5.74) is 4.41. The van der Waals surface area contributed by atoms with Gasteiger partial charge in [-0.25, -0.2) is 0 Å². The molecule has 4 aliphatic rings. The lowest BCUT2D eigenvalue weighted by Crippen LogP contribution is -2.46. The van der Waals surface area contributed by atoms with Gasteiger partial charge in [-0.1, -0.05) is 57.4 Å². The molecule has 1 heteroatoms. The molecule has 0 saturated heterocycles. The highest BCUT2D eigenvalue weighted by atomic mass is 16.3. The maximum atomic E-state index is 9.92. The van der Waals surface area contributed by atoms with E-state index in [9.17, 15) is 5.11 Å². The van der Waals surface area contributed by atoms with E-state index in [1.165, 1.54) is 44.9 Å². The summed E-state index contributed by atoms with van der Waals surface area (Å²) in [5, 5.41) is 9.92. The number of fused-ring (bicyclic) bond motifs is 5. The Labute approximate surface area is 155 Å². The lowest BCUT2D eigenvalue weighted by atomic mass is 9.49. The largest absolute Gasteiger partial charge is 0.396 e. The fourth-order valence-electron chi connectivity index (χ4n) is 7.54. The Bertz CT molecular complexity index is 583. The van der Waals surface area contributed by atoms with Crippen molar-refractivity contribution in [3.05, 3.63) is 23.3 Å². The van der Waals surface area contributed by atoms with E-state index < -0.39 is 0 Å². The van der Waals surface area contributed by atoms with Crippen molar-refractivity contribution in [1.29, 1.82) is 0 Å². The van der Waals surface area contributed by atoms with Crippen molar-refractivity contribution < 1.29 is 5.11 Å². The van der Waals surface area contributed by atoms with Crippen LogP contribution in [-0.4, -0.2) is 11.7 Å². The van der Waals surface area contributed by atoms with E-state index in [4.69, 9.17) is 0 Å². The quantitative estimate of drug-likeness (QED) is 0.653. The Morgan fingerprint density at radius 3 is 2.60 bits per heavy atom. The van der Waals surface area contributed by atoms with E-state index in [0.29, 0.717) is 23.4 Å². The van der Waals surface area contributed by atoms with Crippen molar-refractivity contribution in [3.8, 4) is 0 Å². The monoisotopic (exact) mass is 342 g/mol. The number of aliphatic hydroxyl groups excluding tert-OH is 1. The van der Waals surface area contributed by atoms with E-state index in [1.807, 2.05) is 0 Å². The molecule has 4 rings (SSSR count). The molecule has 1 N–H and O–H groups in total. The van der Waals surface area contributed by atoms with Gasteiger partial charge in [0.25, 0.3) is 0 Å². The smallest absolute Gasteiger partial charge is 0.0462 e. The lowest BCUT2D eigenvalue weighted by Gasteiger charge is -2.55. The second-order valence-corrected chi connectivity index (χ2v) is 10.3. The molecule has 0 aromatic heterocycles. The van der Waals surface area contributed by atoms with E-state index >= 15 is 0 Å². The predicted molar refractivity (Wildman–Crippen MR) is 105 cm³/mol. The summed E-state index contributed by atoms with van der Waals surface area (Å²) in [6.07, 6.45) is 15.8. The second-order valence-electron chi connectivity index (χ2n) is 10.3. The van der Waals surface area contributed by atoms with E-state index in [-0.39, 0.29) is 0 Å². The zero-order valence-electron chi connectivity index (χ0n) is 16.9. The van der Waals surface area contributed by atoms with E-state index in [2.05, 4.69) is 39.8 Å². The first-order valence-corrected chi connectivity index (χ1v) is 11.0. The van der Waals surface area contributed by atoms with Gasteiger partial charge in [-0.15, -0.1) is 0 Å². The molecule has 140 valence electrons. The van der Waals surface area contributed by atoms with Gasteiger partial charge in [0.05, 0.1) is 0 Å². The molecule has 3 saturated carbocycles. The average Bonchev–Trinajstić information content (AvgIpc) is 2.94. The van der Waals surface area contributed by atoms with Crippen LogP contribution in [0.3, 0.4) is 0 Å². The highest BCUT2D eigenvalue weighted by Gasteiger charge is 2.57. The van der Waals surface area contributed by atoms with Crippen LogP contribution in [-0.2, 0) is 0 Å². The Hall–Kier alpha value is -0.560. The van der Waals surface area contributed by atoms with Gasteiger partial charge in [0.1, 0.15) is 0 Å². The molecule has 25 heavy (non-hydrogen) atoms. The first-order valence-electron chi connectivity index (χ1n) is 11.0. The Morgan fingerprint density at radius 2 is 1.88 bits per heavy atom. The van der Waals surface area contributed by atoms with Gasteiger partial charge in [0.2, 0.25) is 0 Å². The fourth-order valence-corrected chi connectivity index (χ4v) is 7.54. The summed E-state index contributed by atoms with van der Waals surface area (Å²) in [4.78, 5) is 0. The topological polar surface area (TPSA) is 20.2 Å².